The van der Waals surface area contributed by atoms with E-state index in [1.165, 1.54) is 20.3 Å². The van der Waals surface area contributed by atoms with Gasteiger partial charge in [-0.1, -0.05) is 28.1 Å². The minimum Gasteiger partial charge on any atom is -0.497 e. The lowest BCUT2D eigenvalue weighted by atomic mass is 10.1. The molecule has 0 saturated heterocycles. The van der Waals surface area contributed by atoms with E-state index in [-0.39, 0.29) is 0 Å². The predicted octanol–water partition coefficient (Wildman–Crippen LogP) is 3.51. The van der Waals surface area contributed by atoms with Gasteiger partial charge >= 0.3 is 5.97 Å². The number of carbonyl (C=O) groups is 2. The Kier molecular flexibility index (Phi) is 7.43. The number of carbonyl (C=O) groups excluding carboxylic acids is 2. The lowest BCUT2D eigenvalue weighted by Crippen LogP contribution is -2.33. The van der Waals surface area contributed by atoms with Gasteiger partial charge in [0.2, 0.25) is 5.91 Å². The van der Waals surface area contributed by atoms with Crippen LogP contribution < -0.4 is 14.8 Å². The Balaban J connectivity index is 2.17. The Morgan fingerprint density at radius 2 is 1.74 bits per heavy atom. The maximum atomic E-state index is 12.3. The van der Waals surface area contributed by atoms with Crippen LogP contribution in [0.15, 0.2) is 53.0 Å². The fourth-order valence-electron chi connectivity index (χ4n) is 2.36. The monoisotopic (exact) mass is 433 g/mol. The first-order chi connectivity index (χ1) is 13.0. The van der Waals surface area contributed by atoms with Crippen molar-refractivity contribution in [2.75, 3.05) is 21.3 Å². The van der Waals surface area contributed by atoms with Crippen molar-refractivity contribution in [2.45, 2.75) is 6.04 Å². The third-order valence-corrected chi connectivity index (χ3v) is 4.31. The average Bonchev–Trinajstić information content (AvgIpc) is 2.70. The molecule has 1 amide bonds. The smallest absolute Gasteiger partial charge is 0.333 e. The van der Waals surface area contributed by atoms with Crippen LogP contribution in [0.3, 0.4) is 0 Å². The second-order valence-corrected chi connectivity index (χ2v) is 6.37. The van der Waals surface area contributed by atoms with E-state index in [9.17, 15) is 9.59 Å². The highest BCUT2D eigenvalue weighted by Crippen LogP contribution is 2.25. The first kappa shape index (κ1) is 20.5. The van der Waals surface area contributed by atoms with Crippen LogP contribution in [0, 0.1) is 0 Å². The summed E-state index contributed by atoms with van der Waals surface area (Å²) in [5, 5.41) is 2.65. The van der Waals surface area contributed by atoms with Crippen molar-refractivity contribution in [3.05, 3.63) is 64.1 Å². The van der Waals surface area contributed by atoms with Crippen molar-refractivity contribution < 1.29 is 23.8 Å². The van der Waals surface area contributed by atoms with Crippen molar-refractivity contribution in [3.63, 3.8) is 0 Å². The summed E-state index contributed by atoms with van der Waals surface area (Å²) < 4.78 is 16.1. The Bertz CT molecular complexity index is 833. The number of hydrogen-bond acceptors (Lipinski definition) is 5. The zero-order chi connectivity index (χ0) is 19.8. The molecular weight excluding hydrogens is 414 g/mol. The molecule has 0 radical (unpaired) electrons. The fourth-order valence-corrected chi connectivity index (χ4v) is 2.63. The molecule has 1 N–H and O–H groups in total. The molecule has 0 heterocycles. The van der Waals surface area contributed by atoms with Gasteiger partial charge in [0.05, 0.1) is 21.3 Å². The van der Waals surface area contributed by atoms with Crippen LogP contribution in [0.4, 0.5) is 0 Å². The number of hydrogen-bond donors (Lipinski definition) is 1. The number of methoxy groups -OCH3 is 3. The number of nitrogens with one attached hydrogen (secondary N) is 1. The summed E-state index contributed by atoms with van der Waals surface area (Å²) in [6.07, 6.45) is 2.93. The van der Waals surface area contributed by atoms with Crippen LogP contribution in [0.1, 0.15) is 17.2 Å². The van der Waals surface area contributed by atoms with Gasteiger partial charge < -0.3 is 19.5 Å². The van der Waals surface area contributed by atoms with Crippen molar-refractivity contribution in [3.8, 4) is 11.5 Å². The molecule has 1 atom stereocenters. The summed E-state index contributed by atoms with van der Waals surface area (Å²) in [5.41, 5.74) is 1.32. The molecule has 0 saturated carbocycles. The van der Waals surface area contributed by atoms with Crippen molar-refractivity contribution in [1.82, 2.24) is 5.32 Å². The molecule has 27 heavy (non-hydrogen) atoms. The molecule has 2 rings (SSSR count). The van der Waals surface area contributed by atoms with Crippen LogP contribution in [-0.4, -0.2) is 33.2 Å². The summed E-state index contributed by atoms with van der Waals surface area (Å²) in [4.78, 5) is 24.4. The molecule has 0 aromatic heterocycles. The topological polar surface area (TPSA) is 73.9 Å². The van der Waals surface area contributed by atoms with Gasteiger partial charge in [-0.05, 0) is 35.9 Å². The minimum atomic E-state index is -0.905. The van der Waals surface area contributed by atoms with Gasteiger partial charge in [0, 0.05) is 22.2 Å². The van der Waals surface area contributed by atoms with Crippen molar-refractivity contribution >= 4 is 33.9 Å². The molecule has 142 valence electrons. The van der Waals surface area contributed by atoms with Gasteiger partial charge in [-0.3, -0.25) is 4.79 Å². The average molecular weight is 434 g/mol. The normalized spacial score (nSPS) is 11.7. The largest absolute Gasteiger partial charge is 0.497 e. The SMILES string of the molecule is COC(=O)C(NC(=O)/C=C/c1ccc(OC)cc1OC)c1ccc(Br)cc1. The molecule has 0 aliphatic rings. The molecule has 1 unspecified atom stereocenters. The highest BCUT2D eigenvalue weighted by Gasteiger charge is 2.22. The third kappa shape index (κ3) is 5.59. The third-order valence-electron chi connectivity index (χ3n) is 3.78. The number of halogens is 1. The van der Waals surface area contributed by atoms with Gasteiger partial charge in [-0.15, -0.1) is 0 Å². The number of amides is 1. The van der Waals surface area contributed by atoms with Crippen molar-refractivity contribution in [1.29, 1.82) is 0 Å². The van der Waals surface area contributed by atoms with E-state index < -0.39 is 17.9 Å². The van der Waals surface area contributed by atoms with Crippen LogP contribution in [0.5, 0.6) is 11.5 Å². The number of benzene rings is 2. The molecule has 0 aliphatic heterocycles. The lowest BCUT2D eigenvalue weighted by Gasteiger charge is -2.16. The van der Waals surface area contributed by atoms with Gasteiger partial charge in [0.15, 0.2) is 6.04 Å². The maximum Gasteiger partial charge on any atom is 0.333 e. The first-order valence-electron chi connectivity index (χ1n) is 8.02. The Morgan fingerprint density at radius 3 is 2.33 bits per heavy atom. The molecule has 0 spiro atoms. The quantitative estimate of drug-likeness (QED) is 0.534. The van der Waals surface area contributed by atoms with Gasteiger partial charge in [0.25, 0.3) is 0 Å². The van der Waals surface area contributed by atoms with E-state index >= 15 is 0 Å². The molecule has 0 fully saturated rings. The van der Waals surface area contributed by atoms with E-state index in [4.69, 9.17) is 14.2 Å². The first-order valence-corrected chi connectivity index (χ1v) is 8.81. The van der Waals surface area contributed by atoms with Gasteiger partial charge in [-0.25, -0.2) is 4.79 Å². The standard InChI is InChI=1S/C20H20BrNO5/c1-25-16-10-6-13(17(12-16)26-2)7-11-18(23)22-19(20(24)27-3)14-4-8-15(21)9-5-14/h4-12,19H,1-3H3,(H,22,23)/b11-7+. The second kappa shape index (κ2) is 9.78. The maximum absolute atomic E-state index is 12.3. The highest BCUT2D eigenvalue weighted by atomic mass is 79.9. The lowest BCUT2D eigenvalue weighted by molar-refractivity contribution is -0.144. The Labute approximate surface area is 166 Å². The van der Waals surface area contributed by atoms with E-state index in [0.29, 0.717) is 22.6 Å². The fraction of sp³-hybridized carbons (Fsp3) is 0.200. The van der Waals surface area contributed by atoms with E-state index in [1.807, 2.05) is 0 Å². The van der Waals surface area contributed by atoms with E-state index in [2.05, 4.69) is 21.2 Å². The zero-order valence-corrected chi connectivity index (χ0v) is 16.8. The Hall–Kier alpha value is -2.80. The second-order valence-electron chi connectivity index (χ2n) is 5.46. The van der Waals surface area contributed by atoms with Crippen molar-refractivity contribution in [2.24, 2.45) is 0 Å². The van der Waals surface area contributed by atoms with Crippen LogP contribution in [0.2, 0.25) is 0 Å². The summed E-state index contributed by atoms with van der Waals surface area (Å²) in [5.74, 6) is 0.220. The minimum absolute atomic E-state index is 0.439. The van der Waals surface area contributed by atoms with E-state index in [0.717, 1.165) is 4.47 Å². The van der Waals surface area contributed by atoms with Crippen LogP contribution >= 0.6 is 15.9 Å². The Morgan fingerprint density at radius 1 is 1.04 bits per heavy atom. The summed E-state index contributed by atoms with van der Waals surface area (Å²) in [6.45, 7) is 0. The summed E-state index contributed by atoms with van der Waals surface area (Å²) in [6, 6.07) is 11.4. The number of ether oxygens (including phenoxy) is 3. The summed E-state index contributed by atoms with van der Waals surface area (Å²) in [7, 11) is 4.37. The predicted molar refractivity (Wildman–Crippen MR) is 106 cm³/mol. The molecule has 0 aliphatic carbocycles. The van der Waals surface area contributed by atoms with E-state index in [1.54, 1.807) is 55.7 Å². The molecule has 0 bridgehead atoms. The van der Waals surface area contributed by atoms with Gasteiger partial charge in [0.1, 0.15) is 11.5 Å². The zero-order valence-electron chi connectivity index (χ0n) is 15.2. The molecule has 2 aromatic rings. The molecule has 2 aromatic carbocycles. The highest BCUT2D eigenvalue weighted by molar-refractivity contribution is 9.10. The molecular formula is C20H20BrNO5. The van der Waals surface area contributed by atoms with Crippen LogP contribution in [-0.2, 0) is 14.3 Å². The molecule has 6 nitrogen and oxygen atoms in total. The number of rotatable bonds is 7. The summed E-state index contributed by atoms with van der Waals surface area (Å²) >= 11 is 3.34. The number of esters is 1. The molecule has 7 heteroatoms. The van der Waals surface area contributed by atoms with Gasteiger partial charge in [-0.2, -0.15) is 0 Å². The van der Waals surface area contributed by atoms with Crippen LogP contribution in [0.25, 0.3) is 6.08 Å².